The van der Waals surface area contributed by atoms with Gasteiger partial charge in [-0.25, -0.2) is 9.97 Å². The molecule has 0 aromatic carbocycles. The van der Waals surface area contributed by atoms with E-state index < -0.39 is 0 Å². The topological polar surface area (TPSA) is 84.0 Å². The van der Waals surface area contributed by atoms with Gasteiger partial charge < -0.3 is 5.32 Å². The monoisotopic (exact) mass is 304 g/mol. The van der Waals surface area contributed by atoms with Gasteiger partial charge in [0.2, 0.25) is 5.95 Å². The zero-order chi connectivity index (χ0) is 14.7. The second-order valence-electron chi connectivity index (χ2n) is 5.14. The van der Waals surface area contributed by atoms with Crippen molar-refractivity contribution < 1.29 is 9.59 Å². The number of thioether (sulfide) groups is 1. The highest BCUT2D eigenvalue weighted by Gasteiger charge is 2.25. The fourth-order valence-electron chi connectivity index (χ4n) is 2.51. The number of aromatic nitrogens is 2. The van der Waals surface area contributed by atoms with Crippen molar-refractivity contribution in [3.05, 3.63) is 22.9 Å². The Kier molecular flexibility index (Phi) is 4.19. The molecule has 0 atom stereocenters. The van der Waals surface area contributed by atoms with Crippen LogP contribution in [0.1, 0.15) is 37.8 Å². The van der Waals surface area contributed by atoms with Gasteiger partial charge in [-0.15, -0.1) is 0 Å². The van der Waals surface area contributed by atoms with Crippen molar-refractivity contribution in [1.82, 2.24) is 15.3 Å². The highest BCUT2D eigenvalue weighted by molar-refractivity contribution is 8.18. The number of amides is 2. The molecule has 1 aliphatic carbocycles. The van der Waals surface area contributed by atoms with Crippen molar-refractivity contribution in [3.63, 3.8) is 0 Å². The number of hydrogen-bond acceptors (Lipinski definition) is 6. The second kappa shape index (κ2) is 6.26. The summed E-state index contributed by atoms with van der Waals surface area (Å²) in [5, 5.41) is 5.22. The van der Waals surface area contributed by atoms with E-state index in [9.17, 15) is 9.59 Å². The first kappa shape index (κ1) is 14.1. The van der Waals surface area contributed by atoms with Crippen LogP contribution in [-0.4, -0.2) is 27.2 Å². The summed E-state index contributed by atoms with van der Waals surface area (Å²) in [5.74, 6) is 0.205. The summed E-state index contributed by atoms with van der Waals surface area (Å²) in [6, 6.07) is 2.14. The number of rotatable bonds is 3. The molecule has 2 heterocycles. The lowest BCUT2D eigenvalue weighted by atomic mass is 9.96. The number of anilines is 1. The van der Waals surface area contributed by atoms with Gasteiger partial charge in [0.1, 0.15) is 0 Å². The van der Waals surface area contributed by atoms with Crippen molar-refractivity contribution in [3.8, 4) is 0 Å². The summed E-state index contributed by atoms with van der Waals surface area (Å²) < 4.78 is 0. The smallest absolute Gasteiger partial charge is 0.290 e. The SMILES string of the molecule is O=C1NC(=O)C(=Cc2ccnc(NC3CCCCC3)n2)S1. The molecule has 1 saturated carbocycles. The summed E-state index contributed by atoms with van der Waals surface area (Å²) in [7, 11) is 0. The van der Waals surface area contributed by atoms with Gasteiger partial charge >= 0.3 is 0 Å². The van der Waals surface area contributed by atoms with Crippen molar-refractivity contribution in [2.24, 2.45) is 0 Å². The highest BCUT2D eigenvalue weighted by Crippen LogP contribution is 2.25. The lowest BCUT2D eigenvalue weighted by Gasteiger charge is -2.22. The molecule has 1 saturated heterocycles. The van der Waals surface area contributed by atoms with Gasteiger partial charge in [0.25, 0.3) is 11.1 Å². The molecular formula is C14H16N4O2S. The van der Waals surface area contributed by atoms with E-state index in [1.54, 1.807) is 18.3 Å². The first-order valence-electron chi connectivity index (χ1n) is 7.05. The zero-order valence-corrected chi connectivity index (χ0v) is 12.3. The minimum Gasteiger partial charge on any atom is -0.351 e. The third-order valence-electron chi connectivity index (χ3n) is 3.54. The Hall–Kier alpha value is -1.89. The van der Waals surface area contributed by atoms with Gasteiger partial charge in [-0.2, -0.15) is 0 Å². The van der Waals surface area contributed by atoms with Gasteiger partial charge in [0.15, 0.2) is 0 Å². The third-order valence-corrected chi connectivity index (χ3v) is 4.35. The van der Waals surface area contributed by atoms with E-state index >= 15 is 0 Å². The lowest BCUT2D eigenvalue weighted by Crippen LogP contribution is -2.23. The third kappa shape index (κ3) is 3.60. The Balaban J connectivity index is 1.72. The molecule has 2 N–H and O–H groups in total. The van der Waals surface area contributed by atoms with E-state index in [0.717, 1.165) is 24.6 Å². The first-order chi connectivity index (χ1) is 10.2. The van der Waals surface area contributed by atoms with Crippen LogP contribution >= 0.6 is 11.8 Å². The predicted molar refractivity (Wildman–Crippen MR) is 81.6 cm³/mol. The molecule has 7 heteroatoms. The van der Waals surface area contributed by atoms with E-state index in [1.807, 2.05) is 0 Å². The van der Waals surface area contributed by atoms with E-state index in [2.05, 4.69) is 20.6 Å². The van der Waals surface area contributed by atoms with Crippen LogP contribution in [0, 0.1) is 0 Å². The van der Waals surface area contributed by atoms with Crippen LogP contribution in [0.15, 0.2) is 17.2 Å². The number of nitrogens with zero attached hydrogens (tertiary/aromatic N) is 2. The summed E-state index contributed by atoms with van der Waals surface area (Å²) in [4.78, 5) is 31.6. The molecule has 0 radical (unpaired) electrons. The van der Waals surface area contributed by atoms with Crippen molar-refractivity contribution in [2.75, 3.05) is 5.32 Å². The van der Waals surface area contributed by atoms with Crippen LogP contribution in [0.2, 0.25) is 0 Å². The van der Waals surface area contributed by atoms with E-state index in [-0.39, 0.29) is 11.1 Å². The minimum atomic E-state index is -0.370. The van der Waals surface area contributed by atoms with Gasteiger partial charge in [0.05, 0.1) is 10.6 Å². The summed E-state index contributed by atoms with van der Waals surface area (Å²) >= 11 is 0.891. The molecule has 1 aromatic heterocycles. The summed E-state index contributed by atoms with van der Waals surface area (Å²) in [6.45, 7) is 0. The molecular weight excluding hydrogens is 288 g/mol. The molecule has 0 unspecified atom stereocenters. The average molecular weight is 304 g/mol. The molecule has 0 bridgehead atoms. The van der Waals surface area contributed by atoms with E-state index in [0.29, 0.717) is 22.6 Å². The van der Waals surface area contributed by atoms with Crippen molar-refractivity contribution >= 4 is 34.9 Å². The van der Waals surface area contributed by atoms with Gasteiger partial charge in [0, 0.05) is 12.2 Å². The molecule has 2 fully saturated rings. The Bertz CT molecular complexity index is 596. The molecule has 2 aliphatic rings. The Morgan fingerprint density at radius 1 is 1.29 bits per heavy atom. The number of carbonyl (C=O) groups excluding carboxylic acids is 2. The molecule has 3 rings (SSSR count). The quantitative estimate of drug-likeness (QED) is 0.835. The van der Waals surface area contributed by atoms with Crippen molar-refractivity contribution in [2.45, 2.75) is 38.1 Å². The van der Waals surface area contributed by atoms with Crippen LogP contribution in [0.25, 0.3) is 6.08 Å². The standard InChI is InChI=1S/C14H16N4O2S/c19-12-11(21-14(20)18-12)8-10-6-7-15-13(17-10)16-9-4-2-1-3-5-9/h6-9H,1-5H2,(H,15,16,17)(H,18,19,20). The second-order valence-corrected chi connectivity index (χ2v) is 6.15. The van der Waals surface area contributed by atoms with Gasteiger partial charge in [-0.05, 0) is 36.7 Å². The van der Waals surface area contributed by atoms with Gasteiger partial charge in [-0.3, -0.25) is 14.9 Å². The maximum absolute atomic E-state index is 11.5. The number of carbonyl (C=O) groups is 2. The van der Waals surface area contributed by atoms with Crippen LogP contribution in [-0.2, 0) is 4.79 Å². The number of imide groups is 1. The lowest BCUT2D eigenvalue weighted by molar-refractivity contribution is -0.115. The first-order valence-corrected chi connectivity index (χ1v) is 7.87. The van der Waals surface area contributed by atoms with Crippen LogP contribution in [0.5, 0.6) is 0 Å². The molecule has 6 nitrogen and oxygen atoms in total. The molecule has 0 spiro atoms. The highest BCUT2D eigenvalue weighted by atomic mass is 32.2. The summed E-state index contributed by atoms with van der Waals surface area (Å²) in [6.07, 6.45) is 9.32. The number of hydrogen-bond donors (Lipinski definition) is 2. The maximum atomic E-state index is 11.5. The largest absolute Gasteiger partial charge is 0.351 e. The molecule has 1 aromatic rings. The fraction of sp³-hybridized carbons (Fsp3) is 0.429. The fourth-order valence-corrected chi connectivity index (χ4v) is 3.17. The number of nitrogens with one attached hydrogen (secondary N) is 2. The molecule has 2 amide bonds. The normalized spacial score (nSPS) is 21.6. The minimum absolute atomic E-state index is 0.346. The molecule has 1 aliphatic heterocycles. The Labute approximate surface area is 126 Å². The Morgan fingerprint density at radius 2 is 2.10 bits per heavy atom. The van der Waals surface area contributed by atoms with E-state index in [1.165, 1.54) is 19.3 Å². The van der Waals surface area contributed by atoms with Crippen molar-refractivity contribution in [1.29, 1.82) is 0 Å². The van der Waals surface area contributed by atoms with E-state index in [4.69, 9.17) is 0 Å². The molecule has 110 valence electrons. The summed E-state index contributed by atoms with van der Waals surface area (Å²) in [5.41, 5.74) is 0.621. The Morgan fingerprint density at radius 3 is 2.81 bits per heavy atom. The predicted octanol–water partition coefficient (Wildman–Crippen LogP) is 2.55. The maximum Gasteiger partial charge on any atom is 0.290 e. The van der Waals surface area contributed by atoms with Crippen LogP contribution < -0.4 is 10.6 Å². The van der Waals surface area contributed by atoms with Gasteiger partial charge in [-0.1, -0.05) is 19.3 Å². The van der Waals surface area contributed by atoms with Crippen LogP contribution in [0.4, 0.5) is 10.7 Å². The van der Waals surface area contributed by atoms with Crippen LogP contribution in [0.3, 0.4) is 0 Å². The zero-order valence-electron chi connectivity index (χ0n) is 11.5. The molecule has 21 heavy (non-hydrogen) atoms. The average Bonchev–Trinajstić information content (AvgIpc) is 2.78.